The van der Waals surface area contributed by atoms with E-state index < -0.39 is 10.0 Å². The molecule has 1 N–H and O–H groups in total. The van der Waals surface area contributed by atoms with Crippen molar-refractivity contribution in [3.63, 3.8) is 0 Å². The van der Waals surface area contributed by atoms with E-state index >= 15 is 0 Å². The van der Waals surface area contributed by atoms with Crippen LogP contribution in [-0.2, 0) is 16.4 Å². The maximum absolute atomic E-state index is 12.3. The van der Waals surface area contributed by atoms with Crippen LogP contribution in [0, 0.1) is 0 Å². The number of rotatable bonds is 7. The van der Waals surface area contributed by atoms with Crippen LogP contribution in [0.15, 0.2) is 89.8 Å². The highest BCUT2D eigenvalue weighted by Gasteiger charge is 2.13. The molecule has 0 saturated carbocycles. The third-order valence-electron chi connectivity index (χ3n) is 3.66. The van der Waals surface area contributed by atoms with Gasteiger partial charge < -0.3 is 4.74 Å². The van der Waals surface area contributed by atoms with Crippen molar-refractivity contribution in [1.82, 2.24) is 4.72 Å². The van der Waals surface area contributed by atoms with Crippen LogP contribution in [0.3, 0.4) is 0 Å². The molecule has 0 aromatic heterocycles. The lowest BCUT2D eigenvalue weighted by Gasteiger charge is -2.09. The molecule has 0 amide bonds. The minimum atomic E-state index is -3.53. The molecule has 5 heteroatoms. The Labute approximate surface area is 148 Å². The summed E-state index contributed by atoms with van der Waals surface area (Å²) in [6.07, 6.45) is 0.648. The van der Waals surface area contributed by atoms with Crippen molar-refractivity contribution in [2.75, 3.05) is 6.54 Å². The van der Waals surface area contributed by atoms with E-state index in [0.717, 1.165) is 5.56 Å². The van der Waals surface area contributed by atoms with E-state index in [-0.39, 0.29) is 4.90 Å². The number of hydrogen-bond donors (Lipinski definition) is 1. The maximum atomic E-state index is 12.3. The van der Waals surface area contributed by atoms with Crippen molar-refractivity contribution >= 4 is 10.0 Å². The second kappa shape index (κ2) is 7.96. The van der Waals surface area contributed by atoms with Gasteiger partial charge in [-0.1, -0.05) is 48.5 Å². The van der Waals surface area contributed by atoms with Crippen LogP contribution < -0.4 is 9.46 Å². The Morgan fingerprint density at radius 3 is 1.92 bits per heavy atom. The van der Waals surface area contributed by atoms with Gasteiger partial charge in [0, 0.05) is 6.54 Å². The first-order valence-corrected chi connectivity index (χ1v) is 9.48. The number of benzene rings is 3. The summed E-state index contributed by atoms with van der Waals surface area (Å²) in [5.74, 6) is 1.30. The quantitative estimate of drug-likeness (QED) is 0.698. The van der Waals surface area contributed by atoms with E-state index in [1.807, 2.05) is 60.7 Å². The second-order valence-corrected chi connectivity index (χ2v) is 7.29. The van der Waals surface area contributed by atoms with Crippen molar-refractivity contribution < 1.29 is 13.2 Å². The molecule has 0 unspecified atom stereocenters. The van der Waals surface area contributed by atoms with Crippen LogP contribution in [0.5, 0.6) is 11.5 Å². The lowest BCUT2D eigenvalue weighted by molar-refractivity contribution is 0.482. The molecule has 0 aliphatic rings. The zero-order valence-corrected chi connectivity index (χ0v) is 14.4. The van der Waals surface area contributed by atoms with Crippen LogP contribution in [0.1, 0.15) is 5.56 Å². The summed E-state index contributed by atoms with van der Waals surface area (Å²) in [6.45, 7) is 0.356. The third kappa shape index (κ3) is 4.92. The molecule has 0 aliphatic carbocycles. The first-order valence-electron chi connectivity index (χ1n) is 8.00. The van der Waals surface area contributed by atoms with E-state index in [1.165, 1.54) is 0 Å². The van der Waals surface area contributed by atoms with Crippen molar-refractivity contribution in [2.45, 2.75) is 11.3 Å². The summed E-state index contributed by atoms with van der Waals surface area (Å²) in [5.41, 5.74) is 1.09. The Kier molecular flexibility index (Phi) is 5.48. The summed E-state index contributed by atoms with van der Waals surface area (Å²) in [5, 5.41) is 0. The maximum Gasteiger partial charge on any atom is 0.240 e. The number of ether oxygens (including phenoxy) is 1. The first kappa shape index (κ1) is 17.2. The van der Waals surface area contributed by atoms with Crippen LogP contribution >= 0.6 is 0 Å². The standard InChI is InChI=1S/C20H19NO3S/c22-25(23,21-16-15-17-7-3-1-4-8-17)20-13-11-19(12-14-20)24-18-9-5-2-6-10-18/h1-14,21H,15-16H2. The van der Waals surface area contributed by atoms with Crippen LogP contribution in [0.25, 0.3) is 0 Å². The molecule has 3 aromatic carbocycles. The Hall–Kier alpha value is -2.63. The Balaban J connectivity index is 1.60. The lowest BCUT2D eigenvalue weighted by atomic mass is 10.2. The Morgan fingerprint density at radius 1 is 0.720 bits per heavy atom. The number of sulfonamides is 1. The third-order valence-corrected chi connectivity index (χ3v) is 5.14. The first-order chi connectivity index (χ1) is 12.1. The van der Waals surface area contributed by atoms with E-state index in [2.05, 4.69) is 4.72 Å². The summed E-state index contributed by atoms with van der Waals surface area (Å²) >= 11 is 0. The largest absolute Gasteiger partial charge is 0.457 e. The van der Waals surface area contributed by atoms with Gasteiger partial charge in [0.2, 0.25) is 10.0 Å². The molecule has 25 heavy (non-hydrogen) atoms. The number of para-hydroxylation sites is 1. The molecule has 128 valence electrons. The second-order valence-electron chi connectivity index (χ2n) is 5.52. The number of hydrogen-bond acceptors (Lipinski definition) is 3. The minimum absolute atomic E-state index is 0.223. The van der Waals surface area contributed by atoms with E-state index in [0.29, 0.717) is 24.5 Å². The molecular weight excluding hydrogens is 334 g/mol. The van der Waals surface area contributed by atoms with Gasteiger partial charge in [-0.2, -0.15) is 0 Å². The predicted molar refractivity (Wildman–Crippen MR) is 98.3 cm³/mol. The molecule has 0 heterocycles. The molecule has 3 rings (SSSR count). The van der Waals surface area contributed by atoms with Crippen LogP contribution in [-0.4, -0.2) is 15.0 Å². The Morgan fingerprint density at radius 2 is 1.28 bits per heavy atom. The fraction of sp³-hybridized carbons (Fsp3) is 0.100. The molecule has 0 radical (unpaired) electrons. The van der Waals surface area contributed by atoms with Crippen molar-refractivity contribution in [3.8, 4) is 11.5 Å². The Bertz CT molecular complexity index is 893. The highest BCUT2D eigenvalue weighted by molar-refractivity contribution is 7.89. The van der Waals surface area contributed by atoms with Gasteiger partial charge in [-0.25, -0.2) is 13.1 Å². The fourth-order valence-electron chi connectivity index (χ4n) is 2.37. The summed E-state index contributed by atoms with van der Waals surface area (Å²) in [6, 6.07) is 25.5. The average molecular weight is 353 g/mol. The van der Waals surface area contributed by atoms with E-state index in [9.17, 15) is 8.42 Å². The van der Waals surface area contributed by atoms with Gasteiger partial charge in [-0.3, -0.25) is 0 Å². The number of nitrogens with one attached hydrogen (secondary N) is 1. The molecule has 0 bridgehead atoms. The van der Waals surface area contributed by atoms with Gasteiger partial charge in [0.05, 0.1) is 4.90 Å². The van der Waals surface area contributed by atoms with Crippen LogP contribution in [0.4, 0.5) is 0 Å². The molecule has 3 aromatic rings. The SMILES string of the molecule is O=S(=O)(NCCc1ccccc1)c1ccc(Oc2ccccc2)cc1. The highest BCUT2D eigenvalue weighted by atomic mass is 32.2. The molecule has 4 nitrogen and oxygen atoms in total. The average Bonchev–Trinajstić information content (AvgIpc) is 2.64. The summed E-state index contributed by atoms with van der Waals surface area (Å²) in [4.78, 5) is 0.223. The molecule has 0 spiro atoms. The lowest BCUT2D eigenvalue weighted by Crippen LogP contribution is -2.25. The topological polar surface area (TPSA) is 55.4 Å². The van der Waals surface area contributed by atoms with Gasteiger partial charge in [0.1, 0.15) is 11.5 Å². The molecule has 0 atom stereocenters. The smallest absolute Gasteiger partial charge is 0.240 e. The van der Waals surface area contributed by atoms with E-state index in [1.54, 1.807) is 24.3 Å². The highest BCUT2D eigenvalue weighted by Crippen LogP contribution is 2.22. The zero-order valence-electron chi connectivity index (χ0n) is 13.6. The van der Waals surface area contributed by atoms with Crippen molar-refractivity contribution in [2.24, 2.45) is 0 Å². The van der Waals surface area contributed by atoms with Gasteiger partial charge >= 0.3 is 0 Å². The van der Waals surface area contributed by atoms with Crippen molar-refractivity contribution in [1.29, 1.82) is 0 Å². The molecule has 0 aliphatic heterocycles. The van der Waals surface area contributed by atoms with Gasteiger partial charge in [0.25, 0.3) is 0 Å². The molecule has 0 saturated heterocycles. The van der Waals surface area contributed by atoms with E-state index in [4.69, 9.17) is 4.74 Å². The monoisotopic (exact) mass is 353 g/mol. The minimum Gasteiger partial charge on any atom is -0.457 e. The van der Waals surface area contributed by atoms with Gasteiger partial charge in [0.15, 0.2) is 0 Å². The summed E-state index contributed by atoms with van der Waals surface area (Å²) in [7, 11) is -3.53. The molecule has 0 fully saturated rings. The van der Waals surface area contributed by atoms with Crippen molar-refractivity contribution in [3.05, 3.63) is 90.5 Å². The van der Waals surface area contributed by atoms with Gasteiger partial charge in [-0.05, 0) is 48.4 Å². The predicted octanol–water partition coefficient (Wildman–Crippen LogP) is 4.00. The van der Waals surface area contributed by atoms with Gasteiger partial charge in [-0.15, -0.1) is 0 Å². The zero-order chi connectivity index (χ0) is 17.5. The summed E-state index contributed by atoms with van der Waals surface area (Å²) < 4.78 is 33.0. The fourth-order valence-corrected chi connectivity index (χ4v) is 3.40. The molecular formula is C20H19NO3S. The normalized spacial score (nSPS) is 11.2. The van der Waals surface area contributed by atoms with Crippen LogP contribution in [0.2, 0.25) is 0 Å².